The van der Waals surface area contributed by atoms with E-state index in [1.54, 1.807) is 0 Å². The Kier molecular flexibility index (Phi) is 4.89. The van der Waals surface area contributed by atoms with Crippen LogP contribution in [0.3, 0.4) is 0 Å². The maximum Gasteiger partial charge on any atom is 0.167 e. The molecule has 2 aromatic rings. The van der Waals surface area contributed by atoms with Crippen LogP contribution < -0.4 is 10.6 Å². The highest BCUT2D eigenvalue weighted by molar-refractivity contribution is 7.82. The van der Waals surface area contributed by atoms with E-state index in [0.29, 0.717) is 0 Å². The maximum atomic E-state index is 14.4. The minimum atomic E-state index is -2.85. The molecule has 24 heavy (non-hydrogen) atoms. The van der Waals surface area contributed by atoms with Crippen molar-refractivity contribution in [3.8, 4) is 0 Å². The van der Waals surface area contributed by atoms with Crippen molar-refractivity contribution in [2.24, 2.45) is 5.92 Å². The standard InChI is InChI=1S/C21H24NOP/c1-17(22(2)3)20-15-10-16-21(20)24(23,18-11-6-4-7-12-18)19-13-8-5-9-14-19/h4-17,20H,1-3H3/t17-,20?/m0/s1. The van der Waals surface area contributed by atoms with Crippen LogP contribution in [0.2, 0.25) is 0 Å². The van der Waals surface area contributed by atoms with E-state index in [0.717, 1.165) is 15.9 Å². The van der Waals surface area contributed by atoms with Crippen LogP contribution in [-0.4, -0.2) is 25.0 Å². The molecule has 0 radical (unpaired) electrons. The minimum absolute atomic E-state index is 0.159. The zero-order chi connectivity index (χ0) is 17.2. The van der Waals surface area contributed by atoms with E-state index in [1.165, 1.54) is 0 Å². The topological polar surface area (TPSA) is 20.3 Å². The van der Waals surface area contributed by atoms with Gasteiger partial charge in [0.2, 0.25) is 0 Å². The first-order valence-electron chi connectivity index (χ1n) is 8.32. The summed E-state index contributed by atoms with van der Waals surface area (Å²) in [5, 5.41) is 2.84. The third-order valence-corrected chi connectivity index (χ3v) is 8.09. The van der Waals surface area contributed by atoms with Crippen molar-refractivity contribution in [2.75, 3.05) is 14.1 Å². The summed E-state index contributed by atoms with van der Waals surface area (Å²) in [4.78, 5) is 2.19. The van der Waals surface area contributed by atoms with E-state index in [1.807, 2.05) is 60.7 Å². The molecule has 2 nitrogen and oxygen atoms in total. The summed E-state index contributed by atoms with van der Waals surface area (Å²) in [6.07, 6.45) is 6.29. The number of rotatable bonds is 5. The molecule has 2 atom stereocenters. The molecule has 0 fully saturated rings. The number of benzene rings is 2. The molecule has 3 heteroatoms. The van der Waals surface area contributed by atoms with Gasteiger partial charge < -0.3 is 9.46 Å². The molecule has 1 aliphatic carbocycles. The average molecular weight is 337 g/mol. The molecule has 0 amide bonds. The molecule has 1 unspecified atom stereocenters. The molecular formula is C21H24NOP. The number of hydrogen-bond acceptors (Lipinski definition) is 2. The minimum Gasteiger partial charge on any atom is -0.309 e. The number of hydrogen-bond donors (Lipinski definition) is 0. The Balaban J connectivity index is 2.16. The molecule has 0 spiro atoms. The lowest BCUT2D eigenvalue weighted by molar-refractivity contribution is 0.280. The molecule has 0 aliphatic heterocycles. The molecule has 0 saturated carbocycles. The Hall–Kier alpha value is -1.89. The molecule has 2 aromatic carbocycles. The Labute approximate surface area is 144 Å². The van der Waals surface area contributed by atoms with Crippen molar-refractivity contribution in [1.29, 1.82) is 0 Å². The van der Waals surface area contributed by atoms with E-state index in [9.17, 15) is 4.57 Å². The Morgan fingerprint density at radius 3 is 1.88 bits per heavy atom. The SMILES string of the molecule is C[C@@H](C1C=CC=C1P(=O)(c1ccccc1)c1ccccc1)N(C)C. The monoisotopic (exact) mass is 337 g/mol. The highest BCUT2D eigenvalue weighted by Crippen LogP contribution is 2.57. The predicted octanol–water partition coefficient (Wildman–Crippen LogP) is 4.02. The van der Waals surface area contributed by atoms with Gasteiger partial charge in [0.1, 0.15) is 0 Å². The van der Waals surface area contributed by atoms with Crippen LogP contribution in [0.5, 0.6) is 0 Å². The second kappa shape index (κ2) is 6.93. The number of nitrogens with zero attached hydrogens (tertiary/aromatic N) is 1. The summed E-state index contributed by atoms with van der Waals surface area (Å²) in [5.41, 5.74) is 0. The van der Waals surface area contributed by atoms with Crippen molar-refractivity contribution in [2.45, 2.75) is 13.0 Å². The molecule has 0 aromatic heterocycles. The third kappa shape index (κ3) is 2.92. The fourth-order valence-corrected chi connectivity index (χ4v) is 6.35. The zero-order valence-corrected chi connectivity index (χ0v) is 15.4. The largest absolute Gasteiger partial charge is 0.309 e. The summed E-state index contributed by atoms with van der Waals surface area (Å²) in [5.74, 6) is 0.159. The van der Waals surface area contributed by atoms with Gasteiger partial charge in [0.15, 0.2) is 7.14 Å². The first-order valence-corrected chi connectivity index (χ1v) is 10.0. The Morgan fingerprint density at radius 2 is 1.42 bits per heavy atom. The van der Waals surface area contributed by atoms with Crippen molar-refractivity contribution in [1.82, 2.24) is 4.90 Å². The van der Waals surface area contributed by atoms with E-state index in [-0.39, 0.29) is 12.0 Å². The summed E-state index contributed by atoms with van der Waals surface area (Å²) < 4.78 is 14.4. The van der Waals surface area contributed by atoms with Crippen molar-refractivity contribution < 1.29 is 4.57 Å². The van der Waals surface area contributed by atoms with Crippen molar-refractivity contribution in [3.63, 3.8) is 0 Å². The van der Waals surface area contributed by atoms with Gasteiger partial charge in [-0.1, -0.05) is 78.9 Å². The van der Waals surface area contributed by atoms with Gasteiger partial charge in [0.05, 0.1) is 0 Å². The van der Waals surface area contributed by atoms with E-state index < -0.39 is 7.14 Å². The van der Waals surface area contributed by atoms with Crippen LogP contribution in [0, 0.1) is 5.92 Å². The molecule has 1 aliphatic rings. The Morgan fingerprint density at radius 1 is 0.917 bits per heavy atom. The summed E-state index contributed by atoms with van der Waals surface area (Å²) >= 11 is 0. The third-order valence-electron chi connectivity index (χ3n) is 4.86. The first-order chi connectivity index (χ1) is 11.5. The molecule has 0 bridgehead atoms. The fraction of sp³-hybridized carbons (Fsp3) is 0.238. The summed E-state index contributed by atoms with van der Waals surface area (Å²) in [6.45, 7) is 2.19. The van der Waals surface area contributed by atoms with Gasteiger partial charge in [-0.25, -0.2) is 0 Å². The lowest BCUT2D eigenvalue weighted by atomic mass is 10.0. The normalized spacial score (nSPS) is 18.7. The van der Waals surface area contributed by atoms with Crippen LogP contribution in [0.1, 0.15) is 6.92 Å². The Bertz CT molecular complexity index is 750. The molecule has 0 saturated heterocycles. The molecular weight excluding hydrogens is 313 g/mol. The maximum absolute atomic E-state index is 14.4. The van der Waals surface area contributed by atoms with Gasteiger partial charge in [0.25, 0.3) is 0 Å². The van der Waals surface area contributed by atoms with Gasteiger partial charge in [-0.05, 0) is 21.0 Å². The predicted molar refractivity (Wildman–Crippen MR) is 104 cm³/mol. The van der Waals surface area contributed by atoms with Crippen LogP contribution in [0.15, 0.2) is 84.2 Å². The highest BCUT2D eigenvalue weighted by atomic mass is 31.2. The quantitative estimate of drug-likeness (QED) is 0.768. The average Bonchev–Trinajstić information content (AvgIpc) is 3.12. The van der Waals surface area contributed by atoms with E-state index >= 15 is 0 Å². The smallest absolute Gasteiger partial charge is 0.167 e. The van der Waals surface area contributed by atoms with E-state index in [4.69, 9.17) is 0 Å². The molecule has 0 heterocycles. The van der Waals surface area contributed by atoms with Gasteiger partial charge in [-0.15, -0.1) is 0 Å². The molecule has 3 rings (SSSR count). The van der Waals surface area contributed by atoms with Crippen LogP contribution in [-0.2, 0) is 4.57 Å². The highest BCUT2D eigenvalue weighted by Gasteiger charge is 2.38. The van der Waals surface area contributed by atoms with Gasteiger partial charge in [0, 0.05) is 27.9 Å². The summed E-state index contributed by atoms with van der Waals surface area (Å²) in [6, 6.07) is 20.1. The molecule has 124 valence electrons. The number of allylic oxidation sites excluding steroid dienone is 2. The first kappa shape index (κ1) is 17.0. The fourth-order valence-electron chi connectivity index (χ4n) is 3.25. The van der Waals surface area contributed by atoms with Crippen LogP contribution in [0.25, 0.3) is 0 Å². The lowest BCUT2D eigenvalue weighted by Crippen LogP contribution is -2.33. The second-order valence-electron chi connectivity index (χ2n) is 6.49. The zero-order valence-electron chi connectivity index (χ0n) is 14.5. The van der Waals surface area contributed by atoms with Crippen molar-refractivity contribution in [3.05, 3.63) is 84.2 Å². The van der Waals surface area contributed by atoms with Crippen LogP contribution in [0.4, 0.5) is 0 Å². The van der Waals surface area contributed by atoms with Gasteiger partial charge >= 0.3 is 0 Å². The second-order valence-corrected chi connectivity index (χ2v) is 9.25. The van der Waals surface area contributed by atoms with Gasteiger partial charge in [-0.3, -0.25) is 0 Å². The van der Waals surface area contributed by atoms with Crippen molar-refractivity contribution >= 4 is 17.8 Å². The van der Waals surface area contributed by atoms with Crippen LogP contribution >= 0.6 is 7.14 Å². The van der Waals surface area contributed by atoms with Gasteiger partial charge in [-0.2, -0.15) is 0 Å². The lowest BCUT2D eigenvalue weighted by Gasteiger charge is -2.31. The summed E-state index contributed by atoms with van der Waals surface area (Å²) in [7, 11) is 1.30. The molecule has 0 N–H and O–H groups in total. The van der Waals surface area contributed by atoms with E-state index in [2.05, 4.69) is 44.1 Å².